The van der Waals surface area contributed by atoms with E-state index in [4.69, 9.17) is 4.74 Å². The number of imide groups is 1. The second-order valence-corrected chi connectivity index (χ2v) is 7.49. The highest BCUT2D eigenvalue weighted by atomic mass is 16.5. The number of carbonyl (C=O) groups is 3. The van der Waals surface area contributed by atoms with Crippen molar-refractivity contribution >= 4 is 29.3 Å². The molecule has 0 radical (unpaired) electrons. The number of anilines is 1. The minimum Gasteiger partial charge on any atom is -0.462 e. The number of aliphatic imine (C=N–C) groups is 1. The number of aryl methyl sites for hydroxylation is 1. The van der Waals surface area contributed by atoms with Crippen LogP contribution in [0.25, 0.3) is 5.69 Å². The van der Waals surface area contributed by atoms with Crippen molar-refractivity contribution in [1.82, 2.24) is 4.57 Å². The molecule has 162 valence electrons. The van der Waals surface area contributed by atoms with E-state index in [1.165, 1.54) is 0 Å². The second-order valence-electron chi connectivity index (χ2n) is 7.49. The standard InChI is InChI=1S/C25H23N3O4/c1-4-32-24(30)18-10-12-21(13-11-18)27-16(2)14-19(17(27)3)15-22-23(29)28(25(31)26-22)20-8-6-5-7-9-20/h5-14H,4,15H2,1-3H3. The number of carbonyl (C=O) groups excluding carboxylic acids is 3. The van der Waals surface area contributed by atoms with E-state index in [2.05, 4.69) is 4.99 Å². The molecule has 3 amide bonds. The lowest BCUT2D eigenvalue weighted by Gasteiger charge is -2.13. The van der Waals surface area contributed by atoms with Crippen LogP contribution in [0.1, 0.15) is 34.2 Å². The maximum Gasteiger partial charge on any atom is 0.355 e. The third-order valence-electron chi connectivity index (χ3n) is 5.42. The summed E-state index contributed by atoms with van der Waals surface area (Å²) in [7, 11) is 0. The van der Waals surface area contributed by atoms with Crippen LogP contribution in [-0.2, 0) is 16.0 Å². The van der Waals surface area contributed by atoms with E-state index in [1.54, 1.807) is 43.3 Å². The van der Waals surface area contributed by atoms with Crippen LogP contribution in [0.4, 0.5) is 10.5 Å². The van der Waals surface area contributed by atoms with E-state index in [0.717, 1.165) is 27.5 Å². The maximum atomic E-state index is 12.9. The van der Waals surface area contributed by atoms with Gasteiger partial charge < -0.3 is 9.30 Å². The summed E-state index contributed by atoms with van der Waals surface area (Å²) in [4.78, 5) is 42.3. The van der Waals surface area contributed by atoms with Gasteiger partial charge in [-0.2, -0.15) is 4.99 Å². The fourth-order valence-electron chi connectivity index (χ4n) is 3.90. The van der Waals surface area contributed by atoms with Crippen LogP contribution in [-0.4, -0.2) is 34.8 Å². The molecule has 0 fully saturated rings. The Morgan fingerprint density at radius 1 is 0.969 bits per heavy atom. The first kappa shape index (κ1) is 21.2. The van der Waals surface area contributed by atoms with Crippen molar-refractivity contribution in [1.29, 1.82) is 0 Å². The molecular formula is C25H23N3O4. The van der Waals surface area contributed by atoms with Gasteiger partial charge in [-0.25, -0.2) is 14.5 Å². The van der Waals surface area contributed by atoms with E-state index >= 15 is 0 Å². The third kappa shape index (κ3) is 3.85. The average Bonchev–Trinajstić information content (AvgIpc) is 3.23. The van der Waals surface area contributed by atoms with Gasteiger partial charge in [0.1, 0.15) is 5.71 Å². The summed E-state index contributed by atoms with van der Waals surface area (Å²) >= 11 is 0. The Morgan fingerprint density at radius 3 is 2.31 bits per heavy atom. The van der Waals surface area contributed by atoms with E-state index < -0.39 is 11.9 Å². The van der Waals surface area contributed by atoms with E-state index in [1.807, 2.05) is 42.7 Å². The summed E-state index contributed by atoms with van der Waals surface area (Å²) in [5, 5.41) is 0. The molecule has 7 heteroatoms. The van der Waals surface area contributed by atoms with Gasteiger partial charge in [0.15, 0.2) is 0 Å². The molecule has 0 spiro atoms. The lowest BCUT2D eigenvalue weighted by Crippen LogP contribution is -2.33. The Bertz CT molecular complexity index is 1220. The van der Waals surface area contributed by atoms with Gasteiger partial charge in [0.25, 0.3) is 5.91 Å². The first-order valence-electron chi connectivity index (χ1n) is 10.4. The number of urea groups is 1. The van der Waals surface area contributed by atoms with Crippen molar-refractivity contribution in [2.24, 2.45) is 4.99 Å². The number of benzene rings is 2. The van der Waals surface area contributed by atoms with E-state index in [0.29, 0.717) is 17.9 Å². The van der Waals surface area contributed by atoms with Gasteiger partial charge in [0, 0.05) is 23.5 Å². The highest BCUT2D eigenvalue weighted by Crippen LogP contribution is 2.25. The molecule has 0 N–H and O–H groups in total. The summed E-state index contributed by atoms with van der Waals surface area (Å²) < 4.78 is 7.08. The quantitative estimate of drug-likeness (QED) is 0.543. The Kier molecular flexibility index (Phi) is 5.73. The summed E-state index contributed by atoms with van der Waals surface area (Å²) in [6, 6.07) is 17.4. The minimum absolute atomic E-state index is 0.219. The van der Waals surface area contributed by atoms with Crippen molar-refractivity contribution in [2.45, 2.75) is 27.2 Å². The lowest BCUT2D eigenvalue weighted by molar-refractivity contribution is -0.111. The molecule has 0 unspecified atom stereocenters. The Labute approximate surface area is 185 Å². The zero-order chi connectivity index (χ0) is 22.8. The number of aromatic nitrogens is 1. The molecule has 1 aliphatic rings. The van der Waals surface area contributed by atoms with Crippen LogP contribution in [0.5, 0.6) is 0 Å². The summed E-state index contributed by atoms with van der Waals surface area (Å²) in [5.41, 5.74) is 4.92. The van der Waals surface area contributed by atoms with Crippen LogP contribution >= 0.6 is 0 Å². The molecule has 0 aliphatic carbocycles. The average molecular weight is 429 g/mol. The number of esters is 1. The number of hydrogen-bond acceptors (Lipinski definition) is 4. The molecule has 1 aromatic heterocycles. The number of para-hydroxylation sites is 1. The zero-order valence-corrected chi connectivity index (χ0v) is 18.2. The first-order chi connectivity index (χ1) is 15.4. The Morgan fingerprint density at radius 2 is 1.66 bits per heavy atom. The predicted molar refractivity (Wildman–Crippen MR) is 122 cm³/mol. The third-order valence-corrected chi connectivity index (χ3v) is 5.42. The highest BCUT2D eigenvalue weighted by molar-refractivity contribution is 6.54. The van der Waals surface area contributed by atoms with Gasteiger partial charge in [-0.15, -0.1) is 0 Å². The SMILES string of the molecule is CCOC(=O)c1ccc(-n2c(C)cc(CC3=NC(=O)N(c4ccccc4)C3=O)c2C)cc1. The molecule has 2 heterocycles. The molecule has 3 aromatic rings. The molecular weight excluding hydrogens is 406 g/mol. The van der Waals surface area contributed by atoms with Crippen LogP contribution in [0, 0.1) is 13.8 Å². The molecule has 1 aliphatic heterocycles. The molecule has 4 rings (SSSR count). The smallest absolute Gasteiger partial charge is 0.355 e. The van der Waals surface area contributed by atoms with Crippen LogP contribution in [0.2, 0.25) is 0 Å². The lowest BCUT2D eigenvalue weighted by atomic mass is 10.1. The molecule has 32 heavy (non-hydrogen) atoms. The number of hydrogen-bond donors (Lipinski definition) is 0. The van der Waals surface area contributed by atoms with Gasteiger partial charge in [-0.1, -0.05) is 18.2 Å². The molecule has 7 nitrogen and oxygen atoms in total. The fourth-order valence-corrected chi connectivity index (χ4v) is 3.90. The van der Waals surface area contributed by atoms with Crippen molar-refractivity contribution in [2.75, 3.05) is 11.5 Å². The number of ether oxygens (including phenoxy) is 1. The molecule has 2 aromatic carbocycles. The van der Waals surface area contributed by atoms with Gasteiger partial charge >= 0.3 is 12.0 Å². The van der Waals surface area contributed by atoms with Gasteiger partial charge in [-0.3, -0.25) is 4.79 Å². The van der Waals surface area contributed by atoms with Crippen LogP contribution < -0.4 is 4.90 Å². The molecule has 0 bridgehead atoms. The van der Waals surface area contributed by atoms with Gasteiger partial charge in [0.05, 0.1) is 17.9 Å². The number of rotatable bonds is 6. The Hall–Kier alpha value is -4.00. The van der Waals surface area contributed by atoms with E-state index in [9.17, 15) is 14.4 Å². The Balaban J connectivity index is 1.58. The minimum atomic E-state index is -0.570. The summed E-state index contributed by atoms with van der Waals surface area (Å²) in [5.74, 6) is -0.754. The fraction of sp³-hybridized carbons (Fsp3) is 0.200. The summed E-state index contributed by atoms with van der Waals surface area (Å²) in [6.07, 6.45) is 0.258. The van der Waals surface area contributed by atoms with Crippen molar-refractivity contribution in [3.8, 4) is 5.69 Å². The molecule has 0 atom stereocenters. The van der Waals surface area contributed by atoms with Crippen molar-refractivity contribution in [3.05, 3.63) is 83.2 Å². The molecule has 0 saturated heterocycles. The second kappa shape index (κ2) is 8.63. The topological polar surface area (TPSA) is 81.0 Å². The van der Waals surface area contributed by atoms with Crippen LogP contribution in [0.15, 0.2) is 65.7 Å². The van der Waals surface area contributed by atoms with Crippen molar-refractivity contribution < 1.29 is 19.1 Å². The zero-order valence-electron chi connectivity index (χ0n) is 18.2. The summed E-state index contributed by atoms with van der Waals surface area (Å²) in [6.45, 7) is 6.02. The maximum absolute atomic E-state index is 12.9. The van der Waals surface area contributed by atoms with Crippen molar-refractivity contribution in [3.63, 3.8) is 0 Å². The predicted octanol–water partition coefficient (Wildman–Crippen LogP) is 4.42. The monoisotopic (exact) mass is 429 g/mol. The van der Waals surface area contributed by atoms with E-state index in [-0.39, 0.29) is 18.1 Å². The normalized spacial score (nSPS) is 13.5. The van der Waals surface area contributed by atoms with Crippen LogP contribution in [0.3, 0.4) is 0 Å². The first-order valence-corrected chi connectivity index (χ1v) is 10.4. The highest BCUT2D eigenvalue weighted by Gasteiger charge is 2.34. The molecule has 0 saturated carbocycles. The van der Waals surface area contributed by atoms with Gasteiger partial charge in [-0.05, 0) is 68.8 Å². The largest absolute Gasteiger partial charge is 0.462 e. The number of nitrogens with zero attached hydrogens (tertiary/aromatic N) is 3. The van der Waals surface area contributed by atoms with Gasteiger partial charge in [0.2, 0.25) is 0 Å². The number of amides is 3.